The summed E-state index contributed by atoms with van der Waals surface area (Å²) in [6.07, 6.45) is 0. The number of carboxylic acids is 1. The Morgan fingerprint density at radius 3 is 2.29 bits per heavy atom. The highest BCUT2D eigenvalue weighted by molar-refractivity contribution is 5.82. The van der Waals surface area contributed by atoms with E-state index in [9.17, 15) is 14.4 Å². The van der Waals surface area contributed by atoms with Crippen molar-refractivity contribution < 1.29 is 24.2 Å². The third kappa shape index (κ3) is 8.03. The summed E-state index contributed by atoms with van der Waals surface area (Å²) in [6.45, 7) is 1.74. The smallest absolute Gasteiger partial charge is 0.328 e. The van der Waals surface area contributed by atoms with Gasteiger partial charge in [-0.05, 0) is 0 Å². The molecule has 0 spiro atoms. The number of ether oxygens (including phenoxy) is 1. The molecule has 0 saturated heterocycles. The first kappa shape index (κ1) is 15.2. The van der Waals surface area contributed by atoms with Crippen molar-refractivity contribution in [3.8, 4) is 0 Å². The fourth-order valence-electron chi connectivity index (χ4n) is 0.965. The van der Waals surface area contributed by atoms with Crippen molar-refractivity contribution in [1.29, 1.82) is 0 Å². The van der Waals surface area contributed by atoms with Gasteiger partial charge >= 0.3 is 12.0 Å². The Morgan fingerprint density at radius 1 is 1.24 bits per heavy atom. The Hall–Kier alpha value is -1.83. The second-order valence-corrected chi connectivity index (χ2v) is 3.23. The first-order chi connectivity index (χ1) is 7.97. The molecule has 0 bridgehead atoms. The van der Waals surface area contributed by atoms with Gasteiger partial charge in [0, 0.05) is 27.1 Å². The molecule has 0 saturated carbocycles. The molecule has 98 valence electrons. The Balaban J connectivity index is 3.82. The first-order valence-electron chi connectivity index (χ1n) is 4.98. The second kappa shape index (κ2) is 8.34. The van der Waals surface area contributed by atoms with Crippen molar-refractivity contribution in [3.63, 3.8) is 0 Å². The number of nitrogens with one attached hydrogen (secondary N) is 3. The average molecular weight is 247 g/mol. The molecule has 0 aliphatic rings. The first-order valence-corrected chi connectivity index (χ1v) is 4.98. The molecule has 3 amide bonds. The molecule has 0 rings (SSSR count). The highest BCUT2D eigenvalue weighted by Gasteiger charge is 2.19. The predicted molar refractivity (Wildman–Crippen MR) is 58.5 cm³/mol. The summed E-state index contributed by atoms with van der Waals surface area (Å²) in [7, 11) is 1.34. The molecule has 8 nitrogen and oxygen atoms in total. The van der Waals surface area contributed by atoms with Crippen LogP contribution in [0.2, 0.25) is 0 Å². The number of hydrogen-bond donors (Lipinski definition) is 4. The van der Waals surface area contributed by atoms with Gasteiger partial charge in [0.2, 0.25) is 5.91 Å². The molecule has 0 aromatic rings. The minimum Gasteiger partial charge on any atom is -0.480 e. The summed E-state index contributed by atoms with van der Waals surface area (Å²) < 4.78 is 4.64. The molecule has 0 aromatic carbocycles. The monoisotopic (exact) mass is 247 g/mol. The standard InChI is InChI=1S/C9H17N3O5/c1-6(13)10-3-4-11-9(16)12-7(5-17-2)8(14)15/h7H,3-5H2,1-2H3,(H,10,13)(H,14,15)(H2,11,12,16). The fraction of sp³-hybridized carbons (Fsp3) is 0.667. The molecule has 1 unspecified atom stereocenters. The van der Waals surface area contributed by atoms with Crippen molar-refractivity contribution in [1.82, 2.24) is 16.0 Å². The van der Waals surface area contributed by atoms with Gasteiger partial charge in [0.1, 0.15) is 0 Å². The number of carboxylic acid groups (broad SMARTS) is 1. The largest absolute Gasteiger partial charge is 0.480 e. The van der Waals surface area contributed by atoms with Crippen LogP contribution >= 0.6 is 0 Å². The van der Waals surface area contributed by atoms with Gasteiger partial charge in [0.05, 0.1) is 6.61 Å². The van der Waals surface area contributed by atoms with Crippen LogP contribution in [-0.4, -0.2) is 55.9 Å². The van der Waals surface area contributed by atoms with E-state index in [-0.39, 0.29) is 25.6 Å². The van der Waals surface area contributed by atoms with E-state index in [1.807, 2.05) is 0 Å². The van der Waals surface area contributed by atoms with Crippen LogP contribution in [0, 0.1) is 0 Å². The number of urea groups is 1. The topological polar surface area (TPSA) is 117 Å². The number of amides is 3. The van der Waals surface area contributed by atoms with Crippen LogP contribution in [0.1, 0.15) is 6.92 Å². The Labute approximate surface area is 98.7 Å². The molecular formula is C9H17N3O5. The normalized spacial score (nSPS) is 11.4. The number of aliphatic carboxylic acids is 1. The predicted octanol–water partition coefficient (Wildman–Crippen LogP) is -1.48. The number of carbonyl (C=O) groups excluding carboxylic acids is 2. The lowest BCUT2D eigenvalue weighted by molar-refractivity contribution is -0.140. The van der Waals surface area contributed by atoms with Crippen LogP contribution < -0.4 is 16.0 Å². The van der Waals surface area contributed by atoms with E-state index >= 15 is 0 Å². The summed E-state index contributed by atoms with van der Waals surface area (Å²) in [6, 6.07) is -1.72. The molecule has 0 heterocycles. The number of carbonyl (C=O) groups is 3. The van der Waals surface area contributed by atoms with Gasteiger partial charge in [-0.1, -0.05) is 0 Å². The third-order valence-corrected chi connectivity index (χ3v) is 1.72. The maximum absolute atomic E-state index is 11.2. The number of methoxy groups -OCH3 is 1. The number of hydrogen-bond acceptors (Lipinski definition) is 4. The van der Waals surface area contributed by atoms with E-state index < -0.39 is 18.0 Å². The summed E-state index contributed by atoms with van der Waals surface area (Å²) in [5.41, 5.74) is 0. The van der Waals surface area contributed by atoms with Crippen LogP contribution in [-0.2, 0) is 14.3 Å². The summed E-state index contributed by atoms with van der Waals surface area (Å²) in [5, 5.41) is 15.8. The summed E-state index contributed by atoms with van der Waals surface area (Å²) >= 11 is 0. The lowest BCUT2D eigenvalue weighted by Crippen LogP contribution is -2.49. The Morgan fingerprint density at radius 2 is 1.82 bits per heavy atom. The minimum absolute atomic E-state index is 0.117. The van der Waals surface area contributed by atoms with E-state index in [1.165, 1.54) is 14.0 Å². The van der Waals surface area contributed by atoms with Crippen LogP contribution in [0.15, 0.2) is 0 Å². The zero-order valence-corrected chi connectivity index (χ0v) is 9.78. The van der Waals surface area contributed by atoms with Crippen molar-refractivity contribution in [3.05, 3.63) is 0 Å². The lowest BCUT2D eigenvalue weighted by atomic mass is 10.3. The average Bonchev–Trinajstić information content (AvgIpc) is 2.23. The molecule has 0 aliphatic carbocycles. The summed E-state index contributed by atoms with van der Waals surface area (Å²) in [4.78, 5) is 32.4. The zero-order valence-electron chi connectivity index (χ0n) is 9.78. The van der Waals surface area contributed by atoms with Gasteiger partial charge in [0.25, 0.3) is 0 Å². The van der Waals surface area contributed by atoms with Crippen molar-refractivity contribution in [2.24, 2.45) is 0 Å². The summed E-state index contributed by atoms with van der Waals surface area (Å²) in [5.74, 6) is -1.38. The minimum atomic E-state index is -1.18. The van der Waals surface area contributed by atoms with Crippen LogP contribution in [0.25, 0.3) is 0 Å². The van der Waals surface area contributed by atoms with Crippen LogP contribution in [0.5, 0.6) is 0 Å². The maximum Gasteiger partial charge on any atom is 0.328 e. The second-order valence-electron chi connectivity index (χ2n) is 3.23. The van der Waals surface area contributed by atoms with E-state index in [1.54, 1.807) is 0 Å². The van der Waals surface area contributed by atoms with Gasteiger partial charge in [-0.3, -0.25) is 4.79 Å². The van der Waals surface area contributed by atoms with Crippen molar-refractivity contribution in [2.45, 2.75) is 13.0 Å². The van der Waals surface area contributed by atoms with E-state index in [2.05, 4.69) is 20.7 Å². The van der Waals surface area contributed by atoms with E-state index in [4.69, 9.17) is 5.11 Å². The lowest BCUT2D eigenvalue weighted by Gasteiger charge is -2.14. The third-order valence-electron chi connectivity index (χ3n) is 1.72. The molecule has 0 aliphatic heterocycles. The Bertz CT molecular complexity index is 282. The van der Waals surface area contributed by atoms with Crippen molar-refractivity contribution in [2.75, 3.05) is 26.8 Å². The highest BCUT2D eigenvalue weighted by atomic mass is 16.5. The molecule has 0 fully saturated rings. The zero-order chi connectivity index (χ0) is 13.3. The van der Waals surface area contributed by atoms with Crippen molar-refractivity contribution >= 4 is 17.9 Å². The maximum atomic E-state index is 11.2. The van der Waals surface area contributed by atoms with Gasteiger partial charge in [-0.2, -0.15) is 0 Å². The van der Waals surface area contributed by atoms with Gasteiger partial charge in [0.15, 0.2) is 6.04 Å². The van der Waals surface area contributed by atoms with Gasteiger partial charge < -0.3 is 25.8 Å². The van der Waals surface area contributed by atoms with E-state index in [0.29, 0.717) is 0 Å². The van der Waals surface area contributed by atoms with Crippen LogP contribution in [0.4, 0.5) is 4.79 Å². The molecule has 0 radical (unpaired) electrons. The quantitative estimate of drug-likeness (QED) is 0.409. The molecule has 1 atom stereocenters. The highest BCUT2D eigenvalue weighted by Crippen LogP contribution is 1.85. The van der Waals surface area contributed by atoms with Gasteiger partial charge in [-0.25, -0.2) is 9.59 Å². The number of rotatable bonds is 7. The molecule has 8 heteroatoms. The fourth-order valence-corrected chi connectivity index (χ4v) is 0.965. The Kier molecular flexibility index (Phi) is 7.44. The SMILES string of the molecule is COCC(NC(=O)NCCNC(C)=O)C(=O)O. The van der Waals surface area contributed by atoms with Gasteiger partial charge in [-0.15, -0.1) is 0 Å². The van der Waals surface area contributed by atoms with E-state index in [0.717, 1.165) is 0 Å². The molecule has 17 heavy (non-hydrogen) atoms. The molecular weight excluding hydrogens is 230 g/mol. The molecule has 4 N–H and O–H groups in total. The molecule has 0 aromatic heterocycles. The van der Waals surface area contributed by atoms with Crippen LogP contribution in [0.3, 0.4) is 0 Å².